The maximum absolute atomic E-state index is 3.80. The van der Waals surface area contributed by atoms with Gasteiger partial charge < -0.3 is 10.2 Å². The molecule has 0 spiro atoms. The molecule has 0 aromatic heterocycles. The fraction of sp³-hybridized carbons (Fsp3) is 0.647. The molecule has 0 radical (unpaired) electrons. The summed E-state index contributed by atoms with van der Waals surface area (Å²) in [5.41, 5.74) is 4.42. The van der Waals surface area contributed by atoms with E-state index in [0.29, 0.717) is 12.1 Å². The topological polar surface area (TPSA) is 15.3 Å². The van der Waals surface area contributed by atoms with E-state index < -0.39 is 0 Å². The van der Waals surface area contributed by atoms with Crippen molar-refractivity contribution in [3.63, 3.8) is 0 Å². The summed E-state index contributed by atoms with van der Waals surface area (Å²) in [5.74, 6) is 0. The van der Waals surface area contributed by atoms with Crippen LogP contribution in [0.1, 0.15) is 52.0 Å². The standard InChI is InChI=1S/C17H26N2/c1-17(2,3)12-8-7-10-14-16(12)19(4)15-11-6-5-9-13(15)18-14/h7-8,10,13,15,18H,5-6,9,11H2,1-4H3. The molecule has 104 valence electrons. The van der Waals surface area contributed by atoms with E-state index in [1.807, 2.05) is 0 Å². The maximum atomic E-state index is 3.80. The van der Waals surface area contributed by atoms with E-state index in [4.69, 9.17) is 0 Å². The summed E-state index contributed by atoms with van der Waals surface area (Å²) in [7, 11) is 2.29. The first-order valence-corrected chi connectivity index (χ1v) is 7.61. The number of hydrogen-bond donors (Lipinski definition) is 1. The van der Waals surface area contributed by atoms with Crippen molar-refractivity contribution in [2.24, 2.45) is 0 Å². The fourth-order valence-corrected chi connectivity index (χ4v) is 3.75. The van der Waals surface area contributed by atoms with Crippen LogP contribution in [-0.4, -0.2) is 19.1 Å². The second-order valence-electron chi connectivity index (χ2n) is 7.17. The minimum atomic E-state index is 0.197. The zero-order valence-electron chi connectivity index (χ0n) is 12.7. The molecule has 3 rings (SSSR count). The molecule has 0 saturated heterocycles. The molecule has 1 fully saturated rings. The predicted molar refractivity (Wildman–Crippen MR) is 83.2 cm³/mol. The number of fused-ring (bicyclic) bond motifs is 2. The molecule has 19 heavy (non-hydrogen) atoms. The normalized spacial score (nSPS) is 26.4. The molecular weight excluding hydrogens is 232 g/mol. The first-order valence-electron chi connectivity index (χ1n) is 7.61. The monoisotopic (exact) mass is 258 g/mol. The van der Waals surface area contributed by atoms with Gasteiger partial charge in [0.15, 0.2) is 0 Å². The Kier molecular flexibility index (Phi) is 2.99. The highest BCUT2D eigenvalue weighted by molar-refractivity contribution is 5.77. The zero-order chi connectivity index (χ0) is 13.6. The van der Waals surface area contributed by atoms with Gasteiger partial charge in [0.25, 0.3) is 0 Å². The Morgan fingerprint density at radius 2 is 1.89 bits per heavy atom. The number of nitrogens with one attached hydrogen (secondary N) is 1. The van der Waals surface area contributed by atoms with E-state index in [1.165, 1.54) is 42.6 Å². The Hall–Kier alpha value is -1.18. The van der Waals surface area contributed by atoms with Gasteiger partial charge in [0.2, 0.25) is 0 Å². The minimum Gasteiger partial charge on any atom is -0.379 e. The molecule has 1 aromatic carbocycles. The molecule has 2 heteroatoms. The van der Waals surface area contributed by atoms with Gasteiger partial charge in [-0.05, 0) is 29.9 Å². The lowest BCUT2D eigenvalue weighted by Crippen LogP contribution is -2.51. The largest absolute Gasteiger partial charge is 0.379 e. The van der Waals surface area contributed by atoms with Crippen LogP contribution in [0.3, 0.4) is 0 Å². The lowest BCUT2D eigenvalue weighted by Gasteiger charge is -2.47. The third kappa shape index (κ3) is 2.11. The van der Waals surface area contributed by atoms with E-state index in [9.17, 15) is 0 Å². The number of hydrogen-bond acceptors (Lipinski definition) is 2. The van der Waals surface area contributed by atoms with Crippen LogP contribution < -0.4 is 10.2 Å². The molecule has 1 aliphatic heterocycles. The Balaban J connectivity index is 2.08. The van der Waals surface area contributed by atoms with Gasteiger partial charge >= 0.3 is 0 Å². The van der Waals surface area contributed by atoms with Gasteiger partial charge in [-0.25, -0.2) is 0 Å². The fourth-order valence-electron chi connectivity index (χ4n) is 3.75. The maximum Gasteiger partial charge on any atom is 0.0640 e. The molecule has 1 aliphatic carbocycles. The highest BCUT2D eigenvalue weighted by atomic mass is 15.2. The number of rotatable bonds is 0. The van der Waals surface area contributed by atoms with Crippen LogP contribution in [0.15, 0.2) is 18.2 Å². The van der Waals surface area contributed by atoms with Crippen molar-refractivity contribution in [1.82, 2.24) is 0 Å². The summed E-state index contributed by atoms with van der Waals surface area (Å²) in [4.78, 5) is 2.55. The van der Waals surface area contributed by atoms with Crippen molar-refractivity contribution < 1.29 is 0 Å². The molecule has 2 unspecified atom stereocenters. The lowest BCUT2D eigenvalue weighted by atomic mass is 9.81. The SMILES string of the molecule is CN1c2c(cccc2C(C)(C)C)NC2CCCCC21. The van der Waals surface area contributed by atoms with Crippen LogP contribution in [0, 0.1) is 0 Å². The first-order chi connectivity index (χ1) is 8.98. The van der Waals surface area contributed by atoms with Gasteiger partial charge in [0.1, 0.15) is 0 Å². The molecule has 2 nitrogen and oxygen atoms in total. The lowest BCUT2D eigenvalue weighted by molar-refractivity contribution is 0.383. The molecule has 0 amide bonds. The molecule has 1 heterocycles. The van der Waals surface area contributed by atoms with Gasteiger partial charge in [-0.3, -0.25) is 0 Å². The van der Waals surface area contributed by atoms with Crippen LogP contribution in [0.2, 0.25) is 0 Å². The number of para-hydroxylation sites is 1. The number of benzene rings is 1. The Morgan fingerprint density at radius 3 is 2.63 bits per heavy atom. The van der Waals surface area contributed by atoms with E-state index in [0.717, 1.165) is 0 Å². The molecule has 2 aliphatic rings. The quantitative estimate of drug-likeness (QED) is 0.752. The third-order valence-corrected chi connectivity index (χ3v) is 4.76. The summed E-state index contributed by atoms with van der Waals surface area (Å²) >= 11 is 0. The van der Waals surface area contributed by atoms with Crippen LogP contribution in [0.4, 0.5) is 11.4 Å². The Bertz CT molecular complexity index is 473. The second kappa shape index (κ2) is 4.43. The van der Waals surface area contributed by atoms with E-state index in [-0.39, 0.29) is 5.41 Å². The molecular formula is C17H26N2. The predicted octanol–water partition coefficient (Wildman–Crippen LogP) is 4.16. The average Bonchev–Trinajstić information content (AvgIpc) is 2.37. The average molecular weight is 258 g/mol. The van der Waals surface area contributed by atoms with Gasteiger partial charge in [-0.15, -0.1) is 0 Å². The van der Waals surface area contributed by atoms with E-state index in [1.54, 1.807) is 0 Å². The number of anilines is 2. The van der Waals surface area contributed by atoms with Crippen molar-refractivity contribution in [2.45, 2.75) is 64.0 Å². The third-order valence-electron chi connectivity index (χ3n) is 4.76. The van der Waals surface area contributed by atoms with Gasteiger partial charge in [0, 0.05) is 19.1 Å². The smallest absolute Gasteiger partial charge is 0.0640 e. The molecule has 1 N–H and O–H groups in total. The van der Waals surface area contributed by atoms with Crippen molar-refractivity contribution in [3.8, 4) is 0 Å². The molecule has 1 saturated carbocycles. The molecule has 2 atom stereocenters. The van der Waals surface area contributed by atoms with Crippen molar-refractivity contribution in [1.29, 1.82) is 0 Å². The Labute approximate surface area is 117 Å². The number of nitrogens with zero attached hydrogens (tertiary/aromatic N) is 1. The van der Waals surface area contributed by atoms with Crippen molar-refractivity contribution in [2.75, 3.05) is 17.3 Å². The van der Waals surface area contributed by atoms with Gasteiger partial charge in [0.05, 0.1) is 11.4 Å². The van der Waals surface area contributed by atoms with Crippen LogP contribution in [-0.2, 0) is 5.41 Å². The van der Waals surface area contributed by atoms with Gasteiger partial charge in [-0.2, -0.15) is 0 Å². The summed E-state index contributed by atoms with van der Waals surface area (Å²) in [6, 6.07) is 8.04. The van der Waals surface area contributed by atoms with E-state index in [2.05, 4.69) is 56.2 Å². The second-order valence-corrected chi connectivity index (χ2v) is 7.17. The summed E-state index contributed by atoms with van der Waals surface area (Å²) in [6.45, 7) is 6.93. The first kappa shape index (κ1) is 12.8. The zero-order valence-corrected chi connectivity index (χ0v) is 12.7. The van der Waals surface area contributed by atoms with Crippen LogP contribution >= 0.6 is 0 Å². The summed E-state index contributed by atoms with van der Waals surface area (Å²) < 4.78 is 0. The van der Waals surface area contributed by atoms with Gasteiger partial charge in [-0.1, -0.05) is 45.7 Å². The van der Waals surface area contributed by atoms with Crippen LogP contribution in [0.25, 0.3) is 0 Å². The highest BCUT2D eigenvalue weighted by Crippen LogP contribution is 2.43. The summed E-state index contributed by atoms with van der Waals surface area (Å²) in [6.07, 6.45) is 5.39. The summed E-state index contributed by atoms with van der Waals surface area (Å²) in [5, 5.41) is 3.80. The molecule has 1 aromatic rings. The minimum absolute atomic E-state index is 0.197. The molecule has 0 bridgehead atoms. The Morgan fingerprint density at radius 1 is 1.16 bits per heavy atom. The number of likely N-dealkylation sites (N-methyl/N-ethyl adjacent to an activating group) is 1. The van der Waals surface area contributed by atoms with Crippen LogP contribution in [0.5, 0.6) is 0 Å². The van der Waals surface area contributed by atoms with E-state index >= 15 is 0 Å². The van der Waals surface area contributed by atoms with Crippen molar-refractivity contribution >= 4 is 11.4 Å². The highest BCUT2D eigenvalue weighted by Gasteiger charge is 2.36. The van der Waals surface area contributed by atoms with Crippen molar-refractivity contribution in [3.05, 3.63) is 23.8 Å².